The topological polar surface area (TPSA) is 295 Å². The van der Waals surface area contributed by atoms with Gasteiger partial charge in [0.2, 0.25) is 0 Å². The zero-order valence-corrected chi connectivity index (χ0v) is 31.8. The second-order valence-corrected chi connectivity index (χ2v) is 18.0. The number of rotatable bonds is 10. The molecule has 2 bridgehead atoms. The standard InChI is InChI=1S/C38H60O18/c1-16-11-37-9-5-20-35(2,7-4-8-36(20,3)34(49)50)21(37)6-10-38(16,15-37)56-33-30(55-32-28(48)26(46)23(43)18(13-40)52-32)29(24(44)19(14-41)53-33)54-31-27(47)25(45)22(42)17(12-39)51-31/h17-33,39-48H,1,4-15H2,2-3H3,(H,49,50)/t17?,18?,19?,20?,21?,22?,23?,24?,25?,26?,27?,28?,29?,30?,31?,32?,33?,35-,36-,37-,38-/m1/s1. The van der Waals surface area contributed by atoms with Crippen molar-refractivity contribution in [1.29, 1.82) is 0 Å². The summed E-state index contributed by atoms with van der Waals surface area (Å²) in [5.41, 5.74) is -1.63. The van der Waals surface area contributed by atoms with Crippen LogP contribution in [-0.4, -0.2) is 180 Å². The molecule has 4 saturated carbocycles. The first-order chi connectivity index (χ1) is 26.4. The van der Waals surface area contributed by atoms with Crippen molar-refractivity contribution in [3.63, 3.8) is 0 Å². The van der Waals surface area contributed by atoms with Crippen LogP contribution in [0.5, 0.6) is 0 Å². The fraction of sp³-hybridized carbons (Fsp3) is 0.921. The lowest BCUT2D eigenvalue weighted by Gasteiger charge is -2.64. The van der Waals surface area contributed by atoms with Crippen LogP contribution in [0, 0.1) is 28.1 Å². The number of carbonyl (C=O) groups is 1. The van der Waals surface area contributed by atoms with Crippen molar-refractivity contribution in [3.05, 3.63) is 12.2 Å². The number of ether oxygens (including phenoxy) is 6. The van der Waals surface area contributed by atoms with E-state index in [1.54, 1.807) is 0 Å². The van der Waals surface area contributed by atoms with Gasteiger partial charge in [0.05, 0.1) is 30.8 Å². The Kier molecular flexibility index (Phi) is 11.9. The number of hydrogen-bond acceptors (Lipinski definition) is 17. The van der Waals surface area contributed by atoms with Crippen molar-refractivity contribution in [1.82, 2.24) is 0 Å². The highest BCUT2D eigenvalue weighted by molar-refractivity contribution is 5.75. The van der Waals surface area contributed by atoms with E-state index in [2.05, 4.69) is 13.5 Å². The molecule has 0 radical (unpaired) electrons. The van der Waals surface area contributed by atoms with Crippen molar-refractivity contribution >= 4 is 5.97 Å². The molecule has 0 aromatic carbocycles. The third-order valence-electron chi connectivity index (χ3n) is 15.0. The lowest BCUT2D eigenvalue weighted by molar-refractivity contribution is -0.400. The minimum atomic E-state index is -1.91. The molecule has 17 unspecified atom stereocenters. The molecule has 3 aliphatic heterocycles. The molecule has 56 heavy (non-hydrogen) atoms. The Labute approximate surface area is 324 Å². The van der Waals surface area contributed by atoms with Crippen LogP contribution in [0.15, 0.2) is 12.2 Å². The highest BCUT2D eigenvalue weighted by atomic mass is 16.8. The zero-order valence-electron chi connectivity index (χ0n) is 31.8. The Balaban J connectivity index is 1.21. The van der Waals surface area contributed by atoms with Gasteiger partial charge in [-0.1, -0.05) is 19.9 Å². The van der Waals surface area contributed by atoms with Gasteiger partial charge in [-0.15, -0.1) is 0 Å². The minimum absolute atomic E-state index is 0.00993. The van der Waals surface area contributed by atoms with E-state index < -0.39 is 129 Å². The predicted octanol–water partition coefficient (Wildman–Crippen LogP) is -2.37. The maximum Gasteiger partial charge on any atom is 0.309 e. The largest absolute Gasteiger partial charge is 0.481 e. The van der Waals surface area contributed by atoms with E-state index in [-0.39, 0.29) is 22.7 Å². The van der Waals surface area contributed by atoms with Gasteiger partial charge < -0.3 is 84.6 Å². The average molecular weight is 805 g/mol. The summed E-state index contributed by atoms with van der Waals surface area (Å²) < 4.78 is 36.7. The summed E-state index contributed by atoms with van der Waals surface area (Å²) >= 11 is 0. The summed E-state index contributed by atoms with van der Waals surface area (Å²) in [6.45, 7) is 6.28. The summed E-state index contributed by atoms with van der Waals surface area (Å²) in [5.74, 6) is -0.606. The Morgan fingerprint density at radius 1 is 0.679 bits per heavy atom. The van der Waals surface area contributed by atoms with E-state index in [1.165, 1.54) is 0 Å². The van der Waals surface area contributed by atoms with Gasteiger partial charge in [-0.25, -0.2) is 0 Å². The number of carboxylic acids is 1. The van der Waals surface area contributed by atoms with E-state index in [0.29, 0.717) is 32.1 Å². The average Bonchev–Trinajstić information content (AvgIpc) is 3.36. The van der Waals surface area contributed by atoms with Crippen molar-refractivity contribution in [3.8, 4) is 0 Å². The molecule has 7 fully saturated rings. The van der Waals surface area contributed by atoms with Gasteiger partial charge in [0.25, 0.3) is 0 Å². The molecular formula is C38H60O18. The Hall–Kier alpha value is -1.43. The SMILES string of the molecule is C=C1C[C@@]23CCC4[C@@](C)(CCC[C@@]4(C)C(=O)O)C2CC[C@@]1(OC1OC(CO)C(O)C(OC2OC(CO)C(O)C(O)C2O)C1OC1OC(CO)C(O)C(O)C1O)C3. The first-order valence-corrected chi connectivity index (χ1v) is 19.9. The highest BCUT2D eigenvalue weighted by Gasteiger charge is 2.69. The number of aliphatic hydroxyl groups excluding tert-OH is 10. The van der Waals surface area contributed by atoms with Crippen LogP contribution in [0.1, 0.15) is 71.6 Å². The molecule has 0 amide bonds. The quantitative estimate of drug-likeness (QED) is 0.0812. The van der Waals surface area contributed by atoms with Gasteiger partial charge in [0, 0.05) is 0 Å². The molecule has 320 valence electrons. The van der Waals surface area contributed by atoms with E-state index in [9.17, 15) is 61.0 Å². The molecule has 21 atom stereocenters. The van der Waals surface area contributed by atoms with E-state index in [4.69, 9.17) is 28.4 Å². The van der Waals surface area contributed by atoms with Gasteiger partial charge in [-0.3, -0.25) is 4.79 Å². The van der Waals surface area contributed by atoms with Gasteiger partial charge in [0.15, 0.2) is 18.9 Å². The first-order valence-electron chi connectivity index (χ1n) is 19.9. The molecule has 0 aromatic rings. The zero-order chi connectivity index (χ0) is 40.7. The summed E-state index contributed by atoms with van der Waals surface area (Å²) in [6, 6.07) is 0. The number of carboxylic acid groups (broad SMARTS) is 1. The Bertz CT molecular complexity index is 1450. The summed E-state index contributed by atoms with van der Waals surface area (Å²) in [5, 5.41) is 116. The normalized spacial score (nSPS) is 54.6. The monoisotopic (exact) mass is 804 g/mol. The fourth-order valence-corrected chi connectivity index (χ4v) is 12.1. The number of aliphatic carboxylic acids is 1. The van der Waals surface area contributed by atoms with Crippen molar-refractivity contribution in [2.24, 2.45) is 28.1 Å². The molecule has 18 nitrogen and oxygen atoms in total. The van der Waals surface area contributed by atoms with Gasteiger partial charge in [-0.2, -0.15) is 0 Å². The number of hydrogen-bond donors (Lipinski definition) is 11. The van der Waals surface area contributed by atoms with E-state index >= 15 is 0 Å². The summed E-state index contributed by atoms with van der Waals surface area (Å²) in [4.78, 5) is 12.7. The Morgan fingerprint density at radius 3 is 1.75 bits per heavy atom. The second-order valence-electron chi connectivity index (χ2n) is 18.0. The van der Waals surface area contributed by atoms with Crippen LogP contribution < -0.4 is 0 Å². The smallest absolute Gasteiger partial charge is 0.309 e. The highest BCUT2D eigenvalue weighted by Crippen LogP contribution is 2.73. The van der Waals surface area contributed by atoms with Crippen LogP contribution >= 0.6 is 0 Å². The lowest BCUT2D eigenvalue weighted by Crippen LogP contribution is -2.68. The molecular weight excluding hydrogens is 744 g/mol. The van der Waals surface area contributed by atoms with E-state index in [0.717, 1.165) is 31.3 Å². The van der Waals surface area contributed by atoms with Crippen LogP contribution in [0.4, 0.5) is 0 Å². The third kappa shape index (κ3) is 6.69. The van der Waals surface area contributed by atoms with Gasteiger partial charge >= 0.3 is 5.97 Å². The molecule has 3 heterocycles. The molecule has 18 heteroatoms. The maximum atomic E-state index is 12.7. The first kappa shape index (κ1) is 42.7. The minimum Gasteiger partial charge on any atom is -0.481 e. The van der Waals surface area contributed by atoms with Crippen molar-refractivity contribution < 1.29 is 89.4 Å². The van der Waals surface area contributed by atoms with Crippen LogP contribution in [0.2, 0.25) is 0 Å². The predicted molar refractivity (Wildman–Crippen MR) is 187 cm³/mol. The number of fused-ring (bicyclic) bond motifs is 3. The molecule has 1 spiro atoms. The third-order valence-corrected chi connectivity index (χ3v) is 15.0. The molecule has 0 aromatic heterocycles. The summed E-state index contributed by atoms with van der Waals surface area (Å²) in [7, 11) is 0. The molecule has 11 N–H and O–H groups in total. The second kappa shape index (κ2) is 15.6. The van der Waals surface area contributed by atoms with Crippen LogP contribution in [-0.2, 0) is 33.2 Å². The van der Waals surface area contributed by atoms with Gasteiger partial charge in [0.1, 0.15) is 73.2 Å². The lowest BCUT2D eigenvalue weighted by atomic mass is 9.41. The molecule has 4 aliphatic carbocycles. The van der Waals surface area contributed by atoms with Gasteiger partial charge in [-0.05, 0) is 86.5 Å². The van der Waals surface area contributed by atoms with Crippen molar-refractivity contribution in [2.75, 3.05) is 19.8 Å². The van der Waals surface area contributed by atoms with Crippen LogP contribution in [0.25, 0.3) is 0 Å². The molecule has 3 saturated heterocycles. The van der Waals surface area contributed by atoms with E-state index in [1.807, 2.05) is 6.92 Å². The maximum absolute atomic E-state index is 12.7. The molecule has 7 rings (SSSR count). The number of aliphatic hydroxyl groups is 10. The Morgan fingerprint density at radius 2 is 1.20 bits per heavy atom. The summed E-state index contributed by atoms with van der Waals surface area (Å²) in [6.07, 6.45) is -19.3. The fourth-order valence-electron chi connectivity index (χ4n) is 12.1. The van der Waals surface area contributed by atoms with Crippen LogP contribution in [0.3, 0.4) is 0 Å². The molecule has 7 aliphatic rings. The van der Waals surface area contributed by atoms with Crippen molar-refractivity contribution in [2.45, 2.75) is 169 Å².